The van der Waals surface area contributed by atoms with Crippen LogP contribution in [-0.2, 0) is 35.0 Å². The van der Waals surface area contributed by atoms with Crippen LogP contribution in [0.4, 0.5) is 0 Å². The van der Waals surface area contributed by atoms with Crippen molar-refractivity contribution >= 4 is 23.7 Å². The first-order chi connectivity index (χ1) is 22.4. The van der Waals surface area contributed by atoms with Crippen LogP contribution in [0.5, 0.6) is 17.2 Å². The Kier molecular flexibility index (Phi) is 11.4. The van der Waals surface area contributed by atoms with Gasteiger partial charge in [0.15, 0.2) is 0 Å². The minimum Gasteiger partial charge on any atom is -0.507 e. The van der Waals surface area contributed by atoms with Crippen LogP contribution in [0.1, 0.15) is 90.5 Å². The molecule has 1 aliphatic heterocycles. The molecule has 1 amide bonds. The first-order valence-corrected chi connectivity index (χ1v) is 15.6. The van der Waals surface area contributed by atoms with Gasteiger partial charge in [0, 0.05) is 56.6 Å². The molecule has 12 heteroatoms. The lowest BCUT2D eigenvalue weighted by atomic mass is 9.84. The summed E-state index contributed by atoms with van der Waals surface area (Å²) in [6.45, 7) is 1.59. The number of aromatic nitrogens is 2. The Bertz CT molecular complexity index is 1790. The molecular formula is C35H41N3O9. The number of phenols is 2. The van der Waals surface area contributed by atoms with Gasteiger partial charge in [0.25, 0.3) is 5.56 Å². The molecule has 0 saturated carbocycles. The second-order valence-electron chi connectivity index (χ2n) is 11.7. The van der Waals surface area contributed by atoms with Crippen molar-refractivity contribution in [3.8, 4) is 17.2 Å². The molecule has 3 aromatic rings. The molecule has 12 nitrogen and oxygen atoms in total. The number of nitrogens with one attached hydrogen (secondary N) is 1. The number of allylic oxidation sites excluding steroid dienone is 1. The predicted molar refractivity (Wildman–Crippen MR) is 175 cm³/mol. The number of hydrogen-bond acceptors (Lipinski definition) is 9. The zero-order valence-electron chi connectivity index (χ0n) is 27.1. The molecule has 0 spiro atoms. The number of cyclic esters (lactones) is 1. The number of benzene rings is 2. The molecular weight excluding hydrogens is 606 g/mol. The summed E-state index contributed by atoms with van der Waals surface area (Å²) in [5, 5.41) is 25.8. The summed E-state index contributed by atoms with van der Waals surface area (Å²) >= 11 is 0. The van der Waals surface area contributed by atoms with E-state index in [0.717, 1.165) is 4.57 Å². The molecule has 47 heavy (non-hydrogen) atoms. The van der Waals surface area contributed by atoms with Gasteiger partial charge in [-0.2, -0.15) is 0 Å². The molecule has 1 aromatic heterocycles. The van der Waals surface area contributed by atoms with E-state index in [1.165, 1.54) is 37.9 Å². The summed E-state index contributed by atoms with van der Waals surface area (Å²) in [6.07, 6.45) is 5.58. The number of ketones is 1. The van der Waals surface area contributed by atoms with Gasteiger partial charge in [-0.25, -0.2) is 9.59 Å². The molecule has 0 bridgehead atoms. The van der Waals surface area contributed by atoms with Crippen LogP contribution < -0.4 is 21.3 Å². The summed E-state index contributed by atoms with van der Waals surface area (Å²) in [7, 11) is 4.35. The Morgan fingerprint density at radius 3 is 2.45 bits per heavy atom. The fourth-order valence-electron chi connectivity index (χ4n) is 5.64. The maximum absolute atomic E-state index is 13.6. The number of methoxy groups -OCH3 is 1. The lowest BCUT2D eigenvalue weighted by Gasteiger charge is -2.23. The number of hydrogen-bond donors (Lipinski definition) is 3. The summed E-state index contributed by atoms with van der Waals surface area (Å²) in [4.78, 5) is 63.6. The van der Waals surface area contributed by atoms with Gasteiger partial charge in [-0.15, -0.1) is 0 Å². The molecule has 2 aromatic carbocycles. The van der Waals surface area contributed by atoms with E-state index in [4.69, 9.17) is 9.47 Å². The van der Waals surface area contributed by atoms with Crippen molar-refractivity contribution < 1.29 is 34.1 Å². The van der Waals surface area contributed by atoms with E-state index in [0.29, 0.717) is 49.8 Å². The number of aromatic hydroxyl groups is 2. The maximum atomic E-state index is 13.6. The van der Waals surface area contributed by atoms with Gasteiger partial charge < -0.3 is 25.0 Å². The predicted octanol–water partition coefficient (Wildman–Crippen LogP) is 3.82. The Labute approximate surface area is 272 Å². The van der Waals surface area contributed by atoms with Crippen LogP contribution >= 0.6 is 0 Å². The number of carbonyl (C=O) groups is 3. The average Bonchev–Trinajstić information content (AvgIpc) is 3.03. The molecule has 3 N–H and O–H groups in total. The van der Waals surface area contributed by atoms with Gasteiger partial charge >= 0.3 is 11.7 Å². The number of amides is 1. The highest BCUT2D eigenvalue weighted by Gasteiger charge is 2.31. The summed E-state index contributed by atoms with van der Waals surface area (Å²) in [5.74, 6) is -2.41. The number of phenolic OH excluding ortho intramolecular Hbond substituents is 2. The van der Waals surface area contributed by atoms with Crippen LogP contribution in [0.25, 0.3) is 6.08 Å². The van der Waals surface area contributed by atoms with Crippen molar-refractivity contribution in [2.45, 2.75) is 70.4 Å². The molecule has 4 rings (SSSR count). The smallest absolute Gasteiger partial charge is 0.342 e. The minimum atomic E-state index is -0.938. The first kappa shape index (κ1) is 34.7. The summed E-state index contributed by atoms with van der Waals surface area (Å²) < 4.78 is 13.2. The van der Waals surface area contributed by atoms with E-state index in [1.54, 1.807) is 43.3 Å². The fourth-order valence-corrected chi connectivity index (χ4v) is 5.64. The Morgan fingerprint density at radius 2 is 1.74 bits per heavy atom. The fraction of sp³-hybridized carbons (Fsp3) is 0.400. The van der Waals surface area contributed by atoms with Crippen LogP contribution in [0, 0.1) is 0 Å². The summed E-state index contributed by atoms with van der Waals surface area (Å²) in [6, 6.07) is 9.33. The second kappa shape index (κ2) is 15.4. The topological polar surface area (TPSA) is 166 Å². The lowest BCUT2D eigenvalue weighted by molar-refractivity contribution is -0.121. The standard InChI is InChI=1S/C35H41N3O9/c1-21-9-8-12-25(39)11-7-5-6-10-23-17-28(40)32(33(43)31(23)34(44)47-21)27(22-13-15-26(46-4)16-14-22)19-29(41)36-20-24-18-30(42)38(3)35(45)37(24)2/h6,10,13-18,21,27,40,43H,5,7-9,11-12,19-20H2,1-4H3,(H,36,41). The number of ether oxygens (including phenoxy) is 2. The van der Waals surface area contributed by atoms with E-state index < -0.39 is 40.9 Å². The van der Waals surface area contributed by atoms with Gasteiger partial charge in [0.05, 0.1) is 19.8 Å². The number of nitrogens with zero attached hydrogens (tertiary/aromatic N) is 2. The molecule has 2 heterocycles. The Morgan fingerprint density at radius 1 is 1.04 bits per heavy atom. The van der Waals surface area contributed by atoms with E-state index >= 15 is 0 Å². The first-order valence-electron chi connectivity index (χ1n) is 15.6. The Balaban J connectivity index is 1.75. The van der Waals surface area contributed by atoms with Crippen LogP contribution in [0.3, 0.4) is 0 Å². The van der Waals surface area contributed by atoms with Crippen molar-refractivity contribution in [1.82, 2.24) is 14.5 Å². The number of carbonyl (C=O) groups excluding carboxylic acids is 3. The highest BCUT2D eigenvalue weighted by atomic mass is 16.5. The van der Waals surface area contributed by atoms with E-state index in [9.17, 15) is 34.2 Å². The highest BCUT2D eigenvalue weighted by Crippen LogP contribution is 2.44. The minimum absolute atomic E-state index is 0.0465. The number of Topliss-reactive ketones (excluding diaryl/α,β-unsaturated/α-hetero) is 1. The quantitative estimate of drug-likeness (QED) is 0.323. The SMILES string of the molecule is COc1ccc(C(CC(=O)NCc2cc(=O)n(C)c(=O)n2C)c2c(O)cc3c(c2O)C(=O)OC(C)CCCC(=O)CCCC=C3)cc1. The lowest BCUT2D eigenvalue weighted by Crippen LogP contribution is -2.39. The third-order valence-electron chi connectivity index (χ3n) is 8.40. The molecule has 0 radical (unpaired) electrons. The summed E-state index contributed by atoms with van der Waals surface area (Å²) in [5.41, 5.74) is -0.197. The molecule has 0 aliphatic carbocycles. The molecule has 250 valence electrons. The van der Waals surface area contributed by atoms with Gasteiger partial charge in [0.1, 0.15) is 28.6 Å². The van der Waals surface area contributed by atoms with Crippen molar-refractivity contribution in [3.05, 3.63) is 91.3 Å². The monoisotopic (exact) mass is 647 g/mol. The number of esters is 1. The highest BCUT2D eigenvalue weighted by molar-refractivity contribution is 5.98. The van der Waals surface area contributed by atoms with Crippen LogP contribution in [0.2, 0.25) is 0 Å². The Hall–Kier alpha value is -5.13. The largest absolute Gasteiger partial charge is 0.507 e. The zero-order valence-corrected chi connectivity index (χ0v) is 27.1. The van der Waals surface area contributed by atoms with Crippen molar-refractivity contribution in [2.75, 3.05) is 7.11 Å². The number of rotatable bonds is 7. The van der Waals surface area contributed by atoms with Gasteiger partial charge in [-0.05, 0) is 61.9 Å². The van der Waals surface area contributed by atoms with Crippen molar-refractivity contribution in [2.24, 2.45) is 14.1 Å². The van der Waals surface area contributed by atoms with Gasteiger partial charge in [-0.3, -0.25) is 23.5 Å². The van der Waals surface area contributed by atoms with Crippen LogP contribution in [0.15, 0.2) is 52.1 Å². The molecule has 1 aliphatic rings. The van der Waals surface area contributed by atoms with E-state index in [2.05, 4.69) is 5.32 Å². The van der Waals surface area contributed by atoms with E-state index in [1.807, 2.05) is 0 Å². The number of fused-ring (bicyclic) bond motifs is 1. The van der Waals surface area contributed by atoms with E-state index in [-0.39, 0.29) is 46.9 Å². The van der Waals surface area contributed by atoms with Crippen molar-refractivity contribution in [1.29, 1.82) is 0 Å². The molecule has 0 saturated heterocycles. The average molecular weight is 648 g/mol. The molecule has 2 unspecified atom stereocenters. The van der Waals surface area contributed by atoms with Gasteiger partial charge in [0.2, 0.25) is 5.91 Å². The maximum Gasteiger partial charge on any atom is 0.342 e. The molecule has 0 fully saturated rings. The van der Waals surface area contributed by atoms with Crippen LogP contribution in [-0.4, -0.2) is 50.2 Å². The van der Waals surface area contributed by atoms with Crippen molar-refractivity contribution in [3.63, 3.8) is 0 Å². The third kappa shape index (κ3) is 8.37. The van der Waals surface area contributed by atoms with Gasteiger partial charge in [-0.1, -0.05) is 24.3 Å². The third-order valence-corrected chi connectivity index (χ3v) is 8.40. The molecule has 2 atom stereocenters. The zero-order chi connectivity index (χ0) is 34.2. The normalized spacial score (nSPS) is 16.5. The second-order valence-corrected chi connectivity index (χ2v) is 11.7.